The number of pyridine rings is 1. The number of nitrogens with zero attached hydrogens (tertiary/aromatic N) is 1. The van der Waals surface area contributed by atoms with E-state index in [1.54, 1.807) is 66.9 Å². The lowest BCUT2D eigenvalue weighted by Gasteiger charge is -2.21. The fourth-order valence-electron chi connectivity index (χ4n) is 3.94. The van der Waals surface area contributed by atoms with Crippen molar-refractivity contribution in [2.24, 2.45) is 0 Å². The van der Waals surface area contributed by atoms with Gasteiger partial charge in [0.05, 0.1) is 18.8 Å². The molecule has 0 bridgehead atoms. The van der Waals surface area contributed by atoms with Gasteiger partial charge in [-0.3, -0.25) is 14.1 Å². The highest BCUT2D eigenvalue weighted by Crippen LogP contribution is 2.56. The van der Waals surface area contributed by atoms with Gasteiger partial charge in [0.25, 0.3) is 5.56 Å². The third-order valence-electron chi connectivity index (χ3n) is 5.82. The molecule has 1 aromatic heterocycles. The van der Waals surface area contributed by atoms with E-state index >= 15 is 0 Å². The van der Waals surface area contributed by atoms with Gasteiger partial charge in [-0.25, -0.2) is 17.2 Å². The van der Waals surface area contributed by atoms with Gasteiger partial charge < -0.3 is 4.74 Å². The first-order valence-corrected chi connectivity index (χ1v) is 12.5. The van der Waals surface area contributed by atoms with Crippen molar-refractivity contribution in [3.8, 4) is 11.4 Å². The molecule has 2 aromatic carbocycles. The zero-order valence-corrected chi connectivity index (χ0v) is 19.5. The lowest BCUT2D eigenvalue weighted by atomic mass is 9.92. The van der Waals surface area contributed by atoms with E-state index in [-0.39, 0.29) is 5.56 Å². The van der Waals surface area contributed by atoms with Crippen LogP contribution in [-0.2, 0) is 15.4 Å². The van der Waals surface area contributed by atoms with Gasteiger partial charge in [0.2, 0.25) is 16.4 Å². The van der Waals surface area contributed by atoms with E-state index in [1.165, 1.54) is 17.7 Å². The molecular weight excluding hydrogens is 462 g/mol. The lowest BCUT2D eigenvalue weighted by Crippen LogP contribution is -2.21. The third kappa shape index (κ3) is 4.89. The molecule has 9 heteroatoms. The number of nitrogens with one attached hydrogen (secondary N) is 1. The molecule has 3 aromatic rings. The van der Waals surface area contributed by atoms with Crippen molar-refractivity contribution in [1.29, 1.82) is 0 Å². The molecular formula is C25H24F2N2O4S. The van der Waals surface area contributed by atoms with Crippen LogP contribution in [0.4, 0.5) is 14.5 Å². The highest BCUT2D eigenvalue weighted by atomic mass is 32.2. The molecule has 1 aliphatic carbocycles. The largest absolute Gasteiger partial charge is 0.496 e. The molecule has 1 aliphatic rings. The number of alkyl halides is 2. The summed E-state index contributed by atoms with van der Waals surface area (Å²) < 4.78 is 60.2. The average Bonchev–Trinajstić information content (AvgIpc) is 3.59. The van der Waals surface area contributed by atoms with E-state index in [9.17, 15) is 22.0 Å². The van der Waals surface area contributed by atoms with Crippen molar-refractivity contribution in [3.63, 3.8) is 0 Å². The summed E-state index contributed by atoms with van der Waals surface area (Å²) in [4.78, 5) is 12.4. The van der Waals surface area contributed by atoms with Crippen LogP contribution in [0.3, 0.4) is 0 Å². The van der Waals surface area contributed by atoms with Crippen LogP contribution in [0.25, 0.3) is 17.8 Å². The maximum absolute atomic E-state index is 14.0. The first kappa shape index (κ1) is 23.7. The van der Waals surface area contributed by atoms with Crippen LogP contribution in [0.2, 0.25) is 0 Å². The van der Waals surface area contributed by atoms with Crippen LogP contribution in [0.1, 0.15) is 29.5 Å². The topological polar surface area (TPSA) is 77.4 Å². The van der Waals surface area contributed by atoms with Crippen molar-refractivity contribution in [1.82, 2.24) is 4.57 Å². The number of ether oxygens (including phenoxy) is 1. The Bertz CT molecular complexity index is 1390. The first-order valence-electron chi connectivity index (χ1n) is 10.6. The smallest absolute Gasteiger partial charge is 0.255 e. The van der Waals surface area contributed by atoms with Gasteiger partial charge in [-0.1, -0.05) is 30.4 Å². The van der Waals surface area contributed by atoms with E-state index in [2.05, 4.69) is 4.72 Å². The summed E-state index contributed by atoms with van der Waals surface area (Å²) in [6.07, 6.45) is 4.29. The van der Waals surface area contributed by atoms with Gasteiger partial charge in [-0.05, 0) is 48.7 Å². The molecule has 1 N–H and O–H groups in total. The number of rotatable bonds is 8. The molecule has 0 atom stereocenters. The van der Waals surface area contributed by atoms with Crippen LogP contribution in [-0.4, -0.2) is 32.8 Å². The Labute approximate surface area is 196 Å². The van der Waals surface area contributed by atoms with E-state index in [4.69, 9.17) is 4.74 Å². The summed E-state index contributed by atoms with van der Waals surface area (Å²) in [6, 6.07) is 14.8. The number of hydrogen-bond donors (Lipinski definition) is 1. The van der Waals surface area contributed by atoms with Crippen LogP contribution in [0.5, 0.6) is 5.75 Å². The molecule has 0 aliphatic heterocycles. The Morgan fingerprint density at radius 1 is 1.09 bits per heavy atom. The summed E-state index contributed by atoms with van der Waals surface area (Å²) in [5.74, 6) is 0.345. The van der Waals surface area contributed by atoms with Crippen molar-refractivity contribution >= 4 is 27.9 Å². The molecule has 1 heterocycles. The number of benzene rings is 2. The minimum Gasteiger partial charge on any atom is -0.496 e. The quantitative estimate of drug-likeness (QED) is 0.469. The summed E-state index contributed by atoms with van der Waals surface area (Å²) in [5.41, 5.74) is 1.03. The Morgan fingerprint density at radius 3 is 2.35 bits per heavy atom. The SMILES string of the molecule is COc1c(/C=C/c2ccc(NS(C)(=O)=O)cc2)cc(-n2ccccc2=O)cc1C1(C(F)F)CC1. The summed E-state index contributed by atoms with van der Waals surface area (Å²) in [5, 5.41) is 0. The molecule has 6 nitrogen and oxygen atoms in total. The molecule has 1 fully saturated rings. The van der Waals surface area contributed by atoms with Gasteiger partial charge >= 0.3 is 0 Å². The van der Waals surface area contributed by atoms with Gasteiger partial charge in [0.1, 0.15) is 5.75 Å². The second kappa shape index (κ2) is 9.06. The molecule has 0 radical (unpaired) electrons. The first-order chi connectivity index (χ1) is 16.1. The van der Waals surface area contributed by atoms with Crippen LogP contribution in [0, 0.1) is 0 Å². The number of halogens is 2. The second-order valence-electron chi connectivity index (χ2n) is 8.31. The molecule has 0 unspecified atom stereocenters. The number of methoxy groups -OCH3 is 1. The monoisotopic (exact) mass is 486 g/mol. The van der Waals surface area contributed by atoms with Crippen molar-refractivity contribution < 1.29 is 21.9 Å². The molecule has 0 spiro atoms. The van der Waals surface area contributed by atoms with Crippen LogP contribution < -0.4 is 15.0 Å². The standard InChI is InChI=1S/C25H24F2N2O4S/c1-33-23-18(9-6-17-7-10-19(11-8-17)28-34(2,31)32)15-20(29-14-4-3-5-22(29)30)16-21(23)25(12-13-25)24(26)27/h3-11,14-16,24,28H,12-13H2,1-2H3/b9-6+. The molecule has 4 rings (SSSR count). The summed E-state index contributed by atoms with van der Waals surface area (Å²) >= 11 is 0. The fraction of sp³-hybridized carbons (Fsp3) is 0.240. The molecule has 0 amide bonds. The highest BCUT2D eigenvalue weighted by molar-refractivity contribution is 7.92. The molecule has 178 valence electrons. The predicted molar refractivity (Wildman–Crippen MR) is 129 cm³/mol. The van der Waals surface area contributed by atoms with Gasteiger partial charge in [0.15, 0.2) is 0 Å². The predicted octanol–water partition coefficient (Wildman–Crippen LogP) is 4.68. The number of aromatic nitrogens is 1. The minimum absolute atomic E-state index is 0.274. The van der Waals surface area contributed by atoms with Crippen LogP contribution in [0.15, 0.2) is 65.6 Å². The Hall–Kier alpha value is -3.46. The minimum atomic E-state index is -3.38. The van der Waals surface area contributed by atoms with E-state index in [0.717, 1.165) is 11.8 Å². The number of sulfonamides is 1. The van der Waals surface area contributed by atoms with Crippen molar-refractivity contribution in [2.45, 2.75) is 24.7 Å². The third-order valence-corrected chi connectivity index (χ3v) is 6.43. The molecule has 34 heavy (non-hydrogen) atoms. The molecule has 1 saturated carbocycles. The van der Waals surface area contributed by atoms with E-state index in [0.29, 0.717) is 41.1 Å². The Morgan fingerprint density at radius 2 is 1.79 bits per heavy atom. The summed E-state index contributed by atoms with van der Waals surface area (Å²) in [7, 11) is -1.94. The summed E-state index contributed by atoms with van der Waals surface area (Å²) in [6.45, 7) is 0. The van der Waals surface area contributed by atoms with E-state index in [1.807, 2.05) is 0 Å². The number of hydrogen-bond acceptors (Lipinski definition) is 4. The Balaban J connectivity index is 1.79. The zero-order chi connectivity index (χ0) is 24.5. The van der Waals surface area contributed by atoms with Gasteiger partial charge in [0, 0.05) is 34.8 Å². The van der Waals surface area contributed by atoms with Crippen molar-refractivity contribution in [3.05, 3.63) is 87.8 Å². The van der Waals surface area contributed by atoms with Gasteiger partial charge in [-0.2, -0.15) is 0 Å². The Kier molecular flexibility index (Phi) is 6.31. The van der Waals surface area contributed by atoms with E-state index < -0.39 is 21.9 Å². The lowest BCUT2D eigenvalue weighted by molar-refractivity contribution is 0.100. The number of anilines is 1. The second-order valence-corrected chi connectivity index (χ2v) is 10.1. The van der Waals surface area contributed by atoms with Crippen LogP contribution >= 0.6 is 0 Å². The zero-order valence-electron chi connectivity index (χ0n) is 18.7. The van der Waals surface area contributed by atoms with Crippen molar-refractivity contribution in [2.75, 3.05) is 18.1 Å². The average molecular weight is 487 g/mol. The maximum atomic E-state index is 14.0. The normalized spacial score (nSPS) is 15.0. The maximum Gasteiger partial charge on any atom is 0.255 e. The highest BCUT2D eigenvalue weighted by Gasteiger charge is 2.54. The molecule has 0 saturated heterocycles. The van der Waals surface area contributed by atoms with Gasteiger partial charge in [-0.15, -0.1) is 0 Å². The fourth-order valence-corrected chi connectivity index (χ4v) is 4.50.